The van der Waals surface area contributed by atoms with Crippen molar-refractivity contribution in [2.75, 3.05) is 5.75 Å². The van der Waals surface area contributed by atoms with Gasteiger partial charge in [-0.05, 0) is 43.2 Å². The van der Waals surface area contributed by atoms with Crippen LogP contribution in [-0.2, 0) is 11.3 Å². The molecule has 0 unspecified atom stereocenters. The van der Waals surface area contributed by atoms with Crippen LogP contribution in [0, 0.1) is 19.7 Å². The number of thioether (sulfide) groups is 1. The minimum atomic E-state index is -0.341. The molecule has 1 aromatic heterocycles. The molecule has 0 aliphatic heterocycles. The van der Waals surface area contributed by atoms with Gasteiger partial charge in [-0.1, -0.05) is 24.3 Å². The fourth-order valence-corrected chi connectivity index (χ4v) is 3.46. The molecule has 2 aromatic carbocycles. The van der Waals surface area contributed by atoms with Gasteiger partial charge in [0.2, 0.25) is 5.91 Å². The van der Waals surface area contributed by atoms with Gasteiger partial charge in [-0.25, -0.2) is 9.37 Å². The number of carbonyl (C=O) groups is 1. The van der Waals surface area contributed by atoms with Crippen LogP contribution in [-0.4, -0.2) is 21.2 Å². The van der Waals surface area contributed by atoms with Gasteiger partial charge < -0.3 is 9.88 Å². The highest BCUT2D eigenvalue weighted by Gasteiger charge is 2.09. The summed E-state index contributed by atoms with van der Waals surface area (Å²) in [5.41, 5.74) is 2.32. The lowest BCUT2D eigenvalue weighted by atomic mass is 10.2. The molecule has 6 heteroatoms. The maximum Gasteiger partial charge on any atom is 0.230 e. The van der Waals surface area contributed by atoms with Crippen LogP contribution in [0.5, 0.6) is 0 Å². The Bertz CT molecular complexity index is 923. The largest absolute Gasteiger partial charge is 0.351 e. The van der Waals surface area contributed by atoms with Crippen LogP contribution in [0.2, 0.25) is 0 Å². The summed E-state index contributed by atoms with van der Waals surface area (Å²) in [4.78, 5) is 17.2. The molecule has 3 aromatic rings. The molecule has 0 saturated carbocycles. The average Bonchev–Trinajstić information content (AvgIpc) is 3.05. The first kappa shape index (κ1) is 18.2. The molecular weight excluding hydrogens is 349 g/mol. The SMILES string of the molecule is Cc1ccccc1SCC(=O)NCc1ccc(-n2ccnc2C)c(F)c1. The lowest BCUT2D eigenvalue weighted by Gasteiger charge is -2.10. The zero-order valence-corrected chi connectivity index (χ0v) is 15.5. The van der Waals surface area contributed by atoms with Crippen molar-refractivity contribution in [3.05, 3.63) is 77.6 Å². The Hall–Kier alpha value is -2.60. The van der Waals surface area contributed by atoms with Crippen molar-refractivity contribution >= 4 is 17.7 Å². The Kier molecular flexibility index (Phi) is 5.73. The van der Waals surface area contributed by atoms with Crippen molar-refractivity contribution in [1.82, 2.24) is 14.9 Å². The number of benzene rings is 2. The first-order valence-electron chi connectivity index (χ1n) is 8.28. The van der Waals surface area contributed by atoms with Crippen molar-refractivity contribution in [1.29, 1.82) is 0 Å². The molecule has 1 N–H and O–H groups in total. The molecule has 0 aliphatic rings. The van der Waals surface area contributed by atoms with Crippen LogP contribution < -0.4 is 5.32 Å². The van der Waals surface area contributed by atoms with Crippen molar-refractivity contribution < 1.29 is 9.18 Å². The first-order chi connectivity index (χ1) is 12.5. The summed E-state index contributed by atoms with van der Waals surface area (Å²) in [6.45, 7) is 4.14. The van der Waals surface area contributed by atoms with Crippen LogP contribution in [0.3, 0.4) is 0 Å². The molecule has 1 heterocycles. The molecule has 0 fully saturated rings. The molecule has 0 aliphatic carbocycles. The summed E-state index contributed by atoms with van der Waals surface area (Å²) in [7, 11) is 0. The molecule has 0 radical (unpaired) electrons. The van der Waals surface area contributed by atoms with Crippen LogP contribution >= 0.6 is 11.8 Å². The van der Waals surface area contributed by atoms with Crippen molar-refractivity contribution in [3.63, 3.8) is 0 Å². The van der Waals surface area contributed by atoms with Gasteiger partial charge in [-0.3, -0.25) is 4.79 Å². The van der Waals surface area contributed by atoms with E-state index in [4.69, 9.17) is 0 Å². The Morgan fingerprint density at radius 1 is 1.23 bits per heavy atom. The van der Waals surface area contributed by atoms with Crippen molar-refractivity contribution in [2.45, 2.75) is 25.3 Å². The number of hydrogen-bond donors (Lipinski definition) is 1. The minimum absolute atomic E-state index is 0.0757. The van der Waals surface area contributed by atoms with Gasteiger partial charge in [0.05, 0.1) is 11.4 Å². The van der Waals surface area contributed by atoms with E-state index in [1.54, 1.807) is 23.0 Å². The smallest absolute Gasteiger partial charge is 0.230 e. The number of hydrogen-bond acceptors (Lipinski definition) is 3. The van der Waals surface area contributed by atoms with E-state index in [1.165, 1.54) is 17.8 Å². The standard InChI is InChI=1S/C20H20FN3OS/c1-14-5-3-4-6-19(14)26-13-20(25)23-12-16-7-8-18(17(21)11-16)24-10-9-22-15(24)2/h3-11H,12-13H2,1-2H3,(H,23,25). The predicted octanol–water partition coefficient (Wildman–Crippen LogP) is 4.04. The van der Waals surface area contributed by atoms with Gasteiger partial charge in [0, 0.05) is 23.8 Å². The van der Waals surface area contributed by atoms with Crippen molar-refractivity contribution in [2.24, 2.45) is 0 Å². The summed E-state index contributed by atoms with van der Waals surface area (Å²) in [6.07, 6.45) is 3.35. The second-order valence-electron chi connectivity index (χ2n) is 5.96. The van der Waals surface area contributed by atoms with Gasteiger partial charge >= 0.3 is 0 Å². The van der Waals surface area contributed by atoms with E-state index in [1.807, 2.05) is 44.2 Å². The second kappa shape index (κ2) is 8.19. The second-order valence-corrected chi connectivity index (χ2v) is 6.98. The predicted molar refractivity (Wildman–Crippen MR) is 102 cm³/mol. The maximum atomic E-state index is 14.4. The van der Waals surface area contributed by atoms with Crippen LogP contribution in [0.4, 0.5) is 4.39 Å². The van der Waals surface area contributed by atoms with Crippen LogP contribution in [0.25, 0.3) is 5.69 Å². The van der Waals surface area contributed by atoms with Gasteiger partial charge in [0.25, 0.3) is 0 Å². The van der Waals surface area contributed by atoms with Gasteiger partial charge in [-0.2, -0.15) is 0 Å². The molecule has 0 spiro atoms. The highest BCUT2D eigenvalue weighted by Crippen LogP contribution is 2.21. The highest BCUT2D eigenvalue weighted by atomic mass is 32.2. The number of halogens is 1. The molecule has 0 atom stereocenters. The molecule has 0 bridgehead atoms. The molecule has 1 amide bonds. The van der Waals surface area contributed by atoms with E-state index in [9.17, 15) is 9.18 Å². The van der Waals surface area contributed by atoms with E-state index < -0.39 is 0 Å². The third-order valence-corrected chi connectivity index (χ3v) is 5.22. The summed E-state index contributed by atoms with van der Waals surface area (Å²) < 4.78 is 16.1. The van der Waals surface area contributed by atoms with E-state index in [2.05, 4.69) is 10.3 Å². The van der Waals surface area contributed by atoms with E-state index in [0.717, 1.165) is 21.8 Å². The van der Waals surface area contributed by atoms with Crippen LogP contribution in [0.15, 0.2) is 59.8 Å². The number of imidazole rings is 1. The summed E-state index contributed by atoms with van der Waals surface area (Å²) in [5.74, 6) is 0.637. The summed E-state index contributed by atoms with van der Waals surface area (Å²) in [6, 6.07) is 12.9. The first-order valence-corrected chi connectivity index (χ1v) is 9.27. The maximum absolute atomic E-state index is 14.4. The number of nitrogens with one attached hydrogen (secondary N) is 1. The number of carbonyl (C=O) groups excluding carboxylic acids is 1. The monoisotopic (exact) mass is 369 g/mol. The topological polar surface area (TPSA) is 46.9 Å². The lowest BCUT2D eigenvalue weighted by Crippen LogP contribution is -2.24. The summed E-state index contributed by atoms with van der Waals surface area (Å²) in [5, 5.41) is 2.84. The normalized spacial score (nSPS) is 10.7. The fourth-order valence-electron chi connectivity index (χ4n) is 2.60. The molecule has 134 valence electrons. The van der Waals surface area contributed by atoms with E-state index in [-0.39, 0.29) is 11.7 Å². The number of rotatable bonds is 6. The van der Waals surface area contributed by atoms with Gasteiger partial charge in [0.1, 0.15) is 11.6 Å². The zero-order valence-electron chi connectivity index (χ0n) is 14.7. The van der Waals surface area contributed by atoms with E-state index >= 15 is 0 Å². The average molecular weight is 369 g/mol. The summed E-state index contributed by atoms with van der Waals surface area (Å²) >= 11 is 1.50. The quantitative estimate of drug-likeness (QED) is 0.667. The Morgan fingerprint density at radius 2 is 2.04 bits per heavy atom. The molecule has 4 nitrogen and oxygen atoms in total. The third-order valence-electron chi connectivity index (χ3n) is 4.04. The fraction of sp³-hybridized carbons (Fsp3) is 0.200. The lowest BCUT2D eigenvalue weighted by molar-refractivity contribution is -0.118. The number of nitrogens with zero attached hydrogens (tertiary/aromatic N) is 2. The Balaban J connectivity index is 1.56. The number of aryl methyl sites for hydroxylation is 2. The Labute approximate surface area is 156 Å². The van der Waals surface area contributed by atoms with Gasteiger partial charge in [-0.15, -0.1) is 11.8 Å². The molecule has 26 heavy (non-hydrogen) atoms. The number of aromatic nitrogens is 2. The third kappa shape index (κ3) is 4.32. The Morgan fingerprint density at radius 3 is 2.73 bits per heavy atom. The zero-order chi connectivity index (χ0) is 18.5. The minimum Gasteiger partial charge on any atom is -0.351 e. The highest BCUT2D eigenvalue weighted by molar-refractivity contribution is 8.00. The van der Waals surface area contributed by atoms with Crippen molar-refractivity contribution in [3.8, 4) is 5.69 Å². The molecule has 3 rings (SSSR count). The molecule has 0 saturated heterocycles. The van der Waals surface area contributed by atoms with Gasteiger partial charge in [0.15, 0.2) is 0 Å². The number of amides is 1. The van der Waals surface area contributed by atoms with E-state index in [0.29, 0.717) is 18.0 Å². The van der Waals surface area contributed by atoms with Crippen LogP contribution in [0.1, 0.15) is 17.0 Å². The molecular formula is C20H20FN3OS.